The molecule has 30 heavy (non-hydrogen) atoms. The highest BCUT2D eigenvalue weighted by Gasteiger charge is 2.35. The number of hydrogen-bond donors (Lipinski definition) is 2. The Morgan fingerprint density at radius 2 is 2.17 bits per heavy atom. The molecule has 2 radical (unpaired) electrons. The lowest BCUT2D eigenvalue weighted by atomic mass is 9.84. The Kier molecular flexibility index (Phi) is 10.5. The second kappa shape index (κ2) is 12.6. The highest BCUT2D eigenvalue weighted by molar-refractivity contribution is 9.10. The van der Waals surface area contributed by atoms with Gasteiger partial charge in [0, 0.05) is 33.0 Å². The summed E-state index contributed by atoms with van der Waals surface area (Å²) in [5.41, 5.74) is 1.06. The van der Waals surface area contributed by atoms with Crippen LogP contribution in [0.4, 0.5) is 0 Å². The van der Waals surface area contributed by atoms with Crippen LogP contribution in [0.15, 0.2) is 34.3 Å². The third-order valence-electron chi connectivity index (χ3n) is 5.29. The SMILES string of the molecule is [B]C[C@@H]1CC(O)[C@H](CC=CCOCC(=O)O)C1=CCC(=O)CCc1cc(Br)c(C)s1. The second-order valence-corrected chi connectivity index (χ2v) is 9.72. The van der Waals surface area contributed by atoms with E-state index in [1.165, 1.54) is 9.75 Å². The third-order valence-corrected chi connectivity index (χ3v) is 7.49. The molecule has 2 N–H and O–H groups in total. The predicted molar refractivity (Wildman–Crippen MR) is 123 cm³/mol. The van der Waals surface area contributed by atoms with Crippen LogP contribution in [-0.2, 0) is 20.7 Å². The fourth-order valence-corrected chi connectivity index (χ4v) is 5.32. The summed E-state index contributed by atoms with van der Waals surface area (Å²) >= 11 is 5.21. The minimum Gasteiger partial charge on any atom is -0.480 e. The number of thiophene rings is 1. The number of rotatable bonds is 12. The molecule has 0 bridgehead atoms. The molecule has 1 aliphatic rings. The summed E-state index contributed by atoms with van der Waals surface area (Å²) in [7, 11) is 5.90. The largest absolute Gasteiger partial charge is 0.480 e. The quantitative estimate of drug-likeness (QED) is 0.257. The molecule has 1 aromatic heterocycles. The Balaban J connectivity index is 1.89. The molecule has 5 nitrogen and oxygen atoms in total. The minimum absolute atomic E-state index is 0.0713. The number of aliphatic hydroxyl groups excluding tert-OH is 1. The van der Waals surface area contributed by atoms with E-state index in [1.54, 1.807) is 17.4 Å². The van der Waals surface area contributed by atoms with E-state index in [9.17, 15) is 14.7 Å². The molecule has 1 aliphatic carbocycles. The molecule has 0 saturated heterocycles. The fourth-order valence-electron chi connectivity index (χ4n) is 3.72. The average molecular weight is 495 g/mol. The molecule has 1 saturated carbocycles. The molecule has 3 atom stereocenters. The van der Waals surface area contributed by atoms with E-state index in [0.29, 0.717) is 32.0 Å². The topological polar surface area (TPSA) is 83.8 Å². The van der Waals surface area contributed by atoms with Crippen LogP contribution in [0, 0.1) is 18.8 Å². The molecule has 0 amide bonds. The van der Waals surface area contributed by atoms with E-state index in [1.807, 2.05) is 12.2 Å². The molecular formula is C22H28BBrO5S. The number of ether oxygens (including phenoxy) is 1. The number of hydrogen-bond acceptors (Lipinski definition) is 5. The Labute approximate surface area is 191 Å². The number of aliphatic carboxylic acids is 1. The molecule has 0 aliphatic heterocycles. The number of carbonyl (C=O) groups is 2. The molecule has 2 rings (SSSR count). The second-order valence-electron chi connectivity index (χ2n) is 7.52. The molecule has 1 fully saturated rings. The molecule has 162 valence electrons. The van der Waals surface area contributed by atoms with Crippen molar-refractivity contribution in [2.45, 2.75) is 51.5 Å². The van der Waals surface area contributed by atoms with Crippen molar-refractivity contribution >= 4 is 46.9 Å². The first-order valence-electron chi connectivity index (χ1n) is 10.1. The van der Waals surface area contributed by atoms with Gasteiger partial charge in [0.25, 0.3) is 0 Å². The van der Waals surface area contributed by atoms with Gasteiger partial charge in [-0.25, -0.2) is 4.79 Å². The van der Waals surface area contributed by atoms with Crippen molar-refractivity contribution in [1.29, 1.82) is 0 Å². The van der Waals surface area contributed by atoms with E-state index in [0.717, 1.165) is 16.5 Å². The van der Waals surface area contributed by atoms with Crippen molar-refractivity contribution in [2.24, 2.45) is 11.8 Å². The van der Waals surface area contributed by atoms with Crippen molar-refractivity contribution in [1.82, 2.24) is 0 Å². The van der Waals surface area contributed by atoms with Gasteiger partial charge in [-0.05, 0) is 54.1 Å². The normalized spacial score (nSPS) is 22.9. The van der Waals surface area contributed by atoms with Gasteiger partial charge in [-0.3, -0.25) is 4.79 Å². The van der Waals surface area contributed by atoms with Gasteiger partial charge >= 0.3 is 5.97 Å². The highest BCUT2D eigenvalue weighted by atomic mass is 79.9. The van der Waals surface area contributed by atoms with E-state index >= 15 is 0 Å². The number of carboxylic acid groups (broad SMARTS) is 1. The first kappa shape index (κ1) is 25.0. The maximum absolute atomic E-state index is 12.4. The summed E-state index contributed by atoms with van der Waals surface area (Å²) < 4.78 is 6.07. The first-order valence-corrected chi connectivity index (χ1v) is 11.7. The van der Waals surface area contributed by atoms with Crippen LogP contribution in [0.1, 0.15) is 35.4 Å². The van der Waals surface area contributed by atoms with Crippen LogP contribution in [0.3, 0.4) is 0 Å². The Morgan fingerprint density at radius 3 is 2.80 bits per heavy atom. The van der Waals surface area contributed by atoms with Crippen molar-refractivity contribution in [2.75, 3.05) is 13.2 Å². The summed E-state index contributed by atoms with van der Waals surface area (Å²) in [5, 5.41) is 19.0. The van der Waals surface area contributed by atoms with Gasteiger partial charge in [-0.1, -0.05) is 30.1 Å². The van der Waals surface area contributed by atoms with Gasteiger partial charge in [-0.15, -0.1) is 11.3 Å². The van der Waals surface area contributed by atoms with Gasteiger partial charge in [0.15, 0.2) is 0 Å². The number of ketones is 1. The van der Waals surface area contributed by atoms with Gasteiger partial charge in [0.05, 0.1) is 20.6 Å². The molecule has 8 heteroatoms. The summed E-state index contributed by atoms with van der Waals surface area (Å²) in [5.74, 6) is -0.807. The van der Waals surface area contributed by atoms with Crippen LogP contribution in [-0.4, -0.2) is 49.1 Å². The number of carbonyl (C=O) groups excluding carboxylic acids is 1. The first-order chi connectivity index (χ1) is 14.3. The average Bonchev–Trinajstić information content (AvgIpc) is 3.19. The van der Waals surface area contributed by atoms with Gasteiger partial charge in [0.1, 0.15) is 12.4 Å². The minimum atomic E-state index is -1.00. The maximum Gasteiger partial charge on any atom is 0.329 e. The molecule has 1 aromatic rings. The summed E-state index contributed by atoms with van der Waals surface area (Å²) in [4.78, 5) is 25.3. The smallest absolute Gasteiger partial charge is 0.329 e. The monoisotopic (exact) mass is 494 g/mol. The van der Waals surface area contributed by atoms with Crippen LogP contribution >= 0.6 is 27.3 Å². The highest BCUT2D eigenvalue weighted by Crippen LogP contribution is 2.41. The van der Waals surface area contributed by atoms with Crippen molar-refractivity contribution in [3.63, 3.8) is 0 Å². The van der Waals surface area contributed by atoms with Gasteiger partial charge in [-0.2, -0.15) is 0 Å². The summed E-state index contributed by atoms with van der Waals surface area (Å²) in [6, 6.07) is 2.08. The van der Waals surface area contributed by atoms with Crippen LogP contribution in [0.25, 0.3) is 0 Å². The number of aliphatic hydroxyl groups is 1. The zero-order valence-electron chi connectivity index (χ0n) is 17.2. The van der Waals surface area contributed by atoms with Crippen molar-refractivity contribution in [3.8, 4) is 0 Å². The van der Waals surface area contributed by atoms with E-state index in [2.05, 4.69) is 28.9 Å². The Morgan fingerprint density at radius 1 is 1.40 bits per heavy atom. The lowest BCUT2D eigenvalue weighted by Crippen LogP contribution is -2.14. The Hall–Kier alpha value is -1.22. The van der Waals surface area contributed by atoms with Crippen LogP contribution in [0.5, 0.6) is 0 Å². The lowest BCUT2D eigenvalue weighted by molar-refractivity contribution is -0.141. The fraction of sp³-hybridized carbons (Fsp3) is 0.545. The molecule has 0 spiro atoms. The van der Waals surface area contributed by atoms with Crippen LogP contribution < -0.4 is 0 Å². The Bertz CT molecular complexity index is 769. The molecule has 1 unspecified atom stereocenters. The molecular weight excluding hydrogens is 467 g/mol. The summed E-state index contributed by atoms with van der Waals surface area (Å²) in [6.45, 7) is 1.93. The summed E-state index contributed by atoms with van der Waals surface area (Å²) in [6.07, 6.45) is 8.37. The maximum atomic E-state index is 12.4. The molecule has 0 aromatic carbocycles. The predicted octanol–water partition coefficient (Wildman–Crippen LogP) is 4.27. The van der Waals surface area contributed by atoms with Gasteiger partial charge < -0.3 is 14.9 Å². The number of carboxylic acids is 1. The number of Topliss-reactive ketones (excluding diaryl/α,β-unsaturated/α-hetero) is 1. The zero-order chi connectivity index (χ0) is 22.1. The number of aryl methyl sites for hydroxylation is 2. The third kappa shape index (κ3) is 7.80. The van der Waals surface area contributed by atoms with Crippen molar-refractivity contribution in [3.05, 3.63) is 44.1 Å². The molecule has 1 heterocycles. The number of halogens is 1. The zero-order valence-corrected chi connectivity index (χ0v) is 19.6. The van der Waals surface area contributed by atoms with Crippen LogP contribution in [0.2, 0.25) is 6.32 Å². The van der Waals surface area contributed by atoms with Crippen molar-refractivity contribution < 1.29 is 24.5 Å². The van der Waals surface area contributed by atoms with E-state index in [-0.39, 0.29) is 30.8 Å². The standard InChI is InChI=1S/C22H28BBrO5S/c1-14-20(24)11-17(30-14)7-5-16(25)6-8-18-15(12-23)10-21(26)19(18)4-2-3-9-29-13-22(27)28/h2-3,8,11,15,19,21,26H,4-7,9-10,12-13H2,1H3,(H,27,28)/t15-,19+,21?/m0/s1. The lowest BCUT2D eigenvalue weighted by Gasteiger charge is -2.16. The number of allylic oxidation sites excluding steroid dienone is 2. The van der Waals surface area contributed by atoms with E-state index in [4.69, 9.17) is 17.7 Å². The van der Waals surface area contributed by atoms with Gasteiger partial charge in [0.2, 0.25) is 0 Å². The van der Waals surface area contributed by atoms with E-state index < -0.39 is 12.1 Å².